The number of benzene rings is 2. The van der Waals surface area contributed by atoms with Gasteiger partial charge in [0.05, 0.1) is 15.2 Å². The molecule has 2 aromatic carbocycles. The van der Waals surface area contributed by atoms with E-state index < -0.39 is 17.9 Å². The molecule has 1 unspecified atom stereocenters. The highest BCUT2D eigenvalue weighted by molar-refractivity contribution is 7.17. The molecule has 1 atom stereocenters. The molecule has 0 aliphatic heterocycles. The number of hydrogen-bond acceptors (Lipinski definition) is 3. The molecule has 1 amide bonds. The molecule has 1 aromatic heterocycles. The number of carbonyl (C=O) groups is 2. The summed E-state index contributed by atoms with van der Waals surface area (Å²) in [5.41, 5.74) is 0.963. The smallest absolute Gasteiger partial charge is 0.326 e. The van der Waals surface area contributed by atoms with E-state index in [4.69, 9.17) is 23.2 Å². The zero-order valence-electron chi connectivity index (χ0n) is 13.6. The Hall–Kier alpha value is -2.15. The lowest BCUT2D eigenvalue weighted by molar-refractivity contribution is -0.140. The van der Waals surface area contributed by atoms with Gasteiger partial charge in [0.15, 0.2) is 4.80 Å². The van der Waals surface area contributed by atoms with E-state index in [0.29, 0.717) is 32.2 Å². The Morgan fingerprint density at radius 2 is 1.96 bits per heavy atom. The molecule has 1 heterocycles. The number of carbonyl (C=O) groups excluding carboxylic acids is 1. The first-order valence-corrected chi connectivity index (χ1v) is 9.36. The molecule has 0 radical (unpaired) electrons. The molecule has 0 fully saturated rings. The second-order valence-corrected chi connectivity index (χ2v) is 7.35. The van der Waals surface area contributed by atoms with E-state index >= 15 is 0 Å². The molecule has 0 aliphatic carbocycles. The maximum absolute atomic E-state index is 12.5. The second-order valence-electron chi connectivity index (χ2n) is 5.53. The number of rotatable bonds is 4. The fraction of sp³-hybridized carbons (Fsp3) is 0.167. The Morgan fingerprint density at radius 3 is 2.62 bits per heavy atom. The van der Waals surface area contributed by atoms with Gasteiger partial charge in [-0.3, -0.25) is 4.79 Å². The van der Waals surface area contributed by atoms with Crippen molar-refractivity contribution in [2.24, 2.45) is 4.99 Å². The van der Waals surface area contributed by atoms with Gasteiger partial charge < -0.3 is 9.67 Å². The van der Waals surface area contributed by atoms with E-state index in [-0.39, 0.29) is 4.80 Å². The van der Waals surface area contributed by atoms with E-state index in [1.54, 1.807) is 47.9 Å². The van der Waals surface area contributed by atoms with Crippen molar-refractivity contribution in [2.45, 2.75) is 19.4 Å². The minimum atomic E-state index is -0.996. The molecule has 0 saturated heterocycles. The Labute approximate surface area is 163 Å². The molecule has 8 heteroatoms. The van der Waals surface area contributed by atoms with Gasteiger partial charge in [-0.25, -0.2) is 4.79 Å². The summed E-state index contributed by atoms with van der Waals surface area (Å²) in [6.45, 7) is 1.77. The lowest BCUT2D eigenvalue weighted by atomic mass is 10.2. The van der Waals surface area contributed by atoms with Crippen molar-refractivity contribution in [3.8, 4) is 0 Å². The molecule has 5 nitrogen and oxygen atoms in total. The predicted molar refractivity (Wildman–Crippen MR) is 103 cm³/mol. The number of carboxylic acid groups (broad SMARTS) is 1. The Kier molecular flexibility index (Phi) is 5.46. The minimum Gasteiger partial charge on any atom is -0.480 e. The summed E-state index contributed by atoms with van der Waals surface area (Å²) in [4.78, 5) is 28.7. The fourth-order valence-corrected chi connectivity index (χ4v) is 4.20. The van der Waals surface area contributed by atoms with Crippen LogP contribution in [-0.4, -0.2) is 21.6 Å². The Morgan fingerprint density at radius 1 is 1.23 bits per heavy atom. The van der Waals surface area contributed by atoms with Crippen molar-refractivity contribution >= 4 is 56.6 Å². The summed E-state index contributed by atoms with van der Waals surface area (Å²) in [6, 6.07) is 10.8. The van der Waals surface area contributed by atoms with Crippen LogP contribution in [0.4, 0.5) is 0 Å². The number of thiazole rings is 1. The van der Waals surface area contributed by atoms with Crippen LogP contribution in [0.25, 0.3) is 10.2 Å². The third kappa shape index (κ3) is 3.53. The number of hydrogen-bond donors (Lipinski definition) is 1. The quantitative estimate of drug-likeness (QED) is 0.674. The second kappa shape index (κ2) is 7.61. The summed E-state index contributed by atoms with van der Waals surface area (Å²) in [6.07, 6.45) is 0.340. The van der Waals surface area contributed by atoms with Crippen LogP contribution in [0.1, 0.15) is 29.7 Å². The monoisotopic (exact) mass is 408 g/mol. The van der Waals surface area contributed by atoms with Crippen LogP contribution in [0, 0.1) is 0 Å². The molecule has 0 saturated carbocycles. The number of aromatic nitrogens is 1. The van der Waals surface area contributed by atoms with Gasteiger partial charge >= 0.3 is 5.97 Å². The lowest BCUT2D eigenvalue weighted by Gasteiger charge is -2.13. The van der Waals surface area contributed by atoms with E-state index in [1.165, 1.54) is 17.4 Å². The van der Waals surface area contributed by atoms with Crippen molar-refractivity contribution in [1.82, 2.24) is 4.57 Å². The number of nitrogens with zero attached hydrogens (tertiary/aromatic N) is 2. The third-order valence-corrected chi connectivity index (χ3v) is 5.62. The largest absolute Gasteiger partial charge is 0.480 e. The first-order chi connectivity index (χ1) is 12.4. The van der Waals surface area contributed by atoms with E-state index in [9.17, 15) is 14.7 Å². The summed E-state index contributed by atoms with van der Waals surface area (Å²) >= 11 is 13.4. The number of carboxylic acids is 1. The van der Waals surface area contributed by atoms with E-state index in [1.807, 2.05) is 0 Å². The van der Waals surface area contributed by atoms with Crippen LogP contribution in [-0.2, 0) is 4.79 Å². The normalized spacial score (nSPS) is 13.1. The van der Waals surface area contributed by atoms with Gasteiger partial charge in [0.1, 0.15) is 6.04 Å². The summed E-state index contributed by atoms with van der Waals surface area (Å²) in [7, 11) is 0. The number of fused-ring (bicyclic) bond motifs is 1. The zero-order chi connectivity index (χ0) is 18.8. The summed E-state index contributed by atoms with van der Waals surface area (Å²) in [5.74, 6) is -1.49. The molecular weight excluding hydrogens is 395 g/mol. The SMILES string of the molecule is CCC(C(=O)O)n1/c(=N/C(=O)c2cccc(Cl)c2)sc2c(Cl)cccc21. The molecule has 0 bridgehead atoms. The standard InChI is InChI=1S/C18H14Cl2N2O3S/c1-2-13(17(24)25)22-14-8-4-7-12(20)15(14)26-18(22)21-16(23)10-5-3-6-11(19)9-10/h3-9,13H,2H2,1H3,(H,24,25)/b21-18-. The first kappa shape index (κ1) is 18.6. The topological polar surface area (TPSA) is 71.7 Å². The number of halogens is 2. The molecule has 26 heavy (non-hydrogen) atoms. The molecule has 0 aliphatic rings. The van der Waals surface area contributed by atoms with Gasteiger partial charge in [-0.05, 0) is 36.8 Å². The molecular formula is C18H14Cl2N2O3S. The number of aliphatic carboxylic acids is 1. The predicted octanol–water partition coefficient (Wildman–Crippen LogP) is 4.79. The highest BCUT2D eigenvalue weighted by Crippen LogP contribution is 2.29. The van der Waals surface area contributed by atoms with Crippen LogP contribution in [0.2, 0.25) is 10.0 Å². The Balaban J connectivity index is 2.26. The van der Waals surface area contributed by atoms with Crippen molar-refractivity contribution in [1.29, 1.82) is 0 Å². The summed E-state index contributed by atoms with van der Waals surface area (Å²) < 4.78 is 2.24. The molecule has 0 spiro atoms. The van der Waals surface area contributed by atoms with Gasteiger partial charge in [0, 0.05) is 10.6 Å². The van der Waals surface area contributed by atoms with Gasteiger partial charge in [-0.15, -0.1) is 0 Å². The molecule has 3 aromatic rings. The highest BCUT2D eigenvalue weighted by Gasteiger charge is 2.22. The minimum absolute atomic E-state index is 0.285. The fourth-order valence-electron chi connectivity index (χ4n) is 2.65. The Bertz CT molecular complexity index is 1070. The van der Waals surface area contributed by atoms with Crippen LogP contribution < -0.4 is 4.80 Å². The van der Waals surface area contributed by atoms with Gasteiger partial charge in [0.25, 0.3) is 5.91 Å². The van der Waals surface area contributed by atoms with Crippen LogP contribution >= 0.6 is 34.5 Å². The van der Waals surface area contributed by atoms with Gasteiger partial charge in [0.2, 0.25) is 0 Å². The van der Waals surface area contributed by atoms with Gasteiger partial charge in [-0.2, -0.15) is 4.99 Å². The molecule has 3 rings (SSSR count). The maximum Gasteiger partial charge on any atom is 0.326 e. The van der Waals surface area contributed by atoms with Crippen molar-refractivity contribution < 1.29 is 14.7 Å². The first-order valence-electron chi connectivity index (χ1n) is 7.79. The molecule has 1 N–H and O–H groups in total. The van der Waals surface area contributed by atoms with Crippen molar-refractivity contribution in [3.63, 3.8) is 0 Å². The summed E-state index contributed by atoms with van der Waals surface area (Å²) in [5, 5.41) is 10.5. The van der Waals surface area contributed by atoms with Crippen molar-refractivity contribution in [3.05, 3.63) is 62.9 Å². The molecule has 134 valence electrons. The van der Waals surface area contributed by atoms with Gasteiger partial charge in [-0.1, -0.05) is 53.6 Å². The third-order valence-electron chi connectivity index (χ3n) is 3.86. The van der Waals surface area contributed by atoms with Crippen LogP contribution in [0.3, 0.4) is 0 Å². The van der Waals surface area contributed by atoms with E-state index in [0.717, 1.165) is 0 Å². The highest BCUT2D eigenvalue weighted by atomic mass is 35.5. The lowest BCUT2D eigenvalue weighted by Crippen LogP contribution is -2.27. The number of amides is 1. The van der Waals surface area contributed by atoms with Crippen LogP contribution in [0.15, 0.2) is 47.5 Å². The van der Waals surface area contributed by atoms with Crippen molar-refractivity contribution in [2.75, 3.05) is 0 Å². The average Bonchev–Trinajstić information content (AvgIpc) is 2.95. The van der Waals surface area contributed by atoms with E-state index in [2.05, 4.69) is 4.99 Å². The zero-order valence-corrected chi connectivity index (χ0v) is 16.0. The van der Waals surface area contributed by atoms with Crippen LogP contribution in [0.5, 0.6) is 0 Å². The average molecular weight is 409 g/mol. The maximum atomic E-state index is 12.5.